The maximum absolute atomic E-state index is 13.9. The second-order valence-electron chi connectivity index (χ2n) is 16.1. The Morgan fingerprint density at radius 3 is 1.23 bits per heavy atom. The molecule has 0 N–H and O–H groups in total. The van der Waals surface area contributed by atoms with Gasteiger partial charge in [-0.15, -0.1) is 0 Å². The number of benzene rings is 6. The van der Waals surface area contributed by atoms with Crippen LogP contribution in [0.3, 0.4) is 0 Å². The Bertz CT molecular complexity index is 2940. The fraction of sp³-hybridized carbons (Fsp3) is 0.197. The molecule has 6 aromatic rings. The van der Waals surface area contributed by atoms with Crippen LogP contribution in [0.1, 0.15) is 105 Å². The molecule has 0 aliphatic carbocycles. The summed E-state index contributed by atoms with van der Waals surface area (Å²) in [5.41, 5.74) is 3.50. The summed E-state index contributed by atoms with van der Waals surface area (Å²) in [4.78, 5) is 63.0. The van der Waals surface area contributed by atoms with E-state index in [1.165, 1.54) is 18.2 Å². The maximum Gasteiger partial charge on any atom is 0.347 e. The van der Waals surface area contributed by atoms with Crippen molar-refractivity contribution in [1.82, 2.24) is 0 Å². The molecule has 0 fully saturated rings. The molecule has 0 aliphatic rings. The third-order valence-corrected chi connectivity index (χ3v) is 10.6. The van der Waals surface area contributed by atoms with E-state index >= 15 is 0 Å². The summed E-state index contributed by atoms with van der Waals surface area (Å²) in [6, 6.07) is 40.8. The van der Waals surface area contributed by atoms with Gasteiger partial charge in [0.1, 0.15) is 34.3 Å². The highest BCUT2D eigenvalue weighted by Crippen LogP contribution is 2.29. The number of hydrogen-bond acceptors (Lipinski definition) is 12. The molecular weight excluding hydrogens is 925 g/mol. The Morgan fingerprint density at radius 1 is 0.384 bits per heavy atom. The third-order valence-electron chi connectivity index (χ3n) is 10.6. The molecule has 12 heteroatoms. The van der Waals surface area contributed by atoms with Crippen molar-refractivity contribution >= 4 is 29.8 Å². The van der Waals surface area contributed by atoms with E-state index in [4.69, 9.17) is 33.2 Å². The lowest BCUT2D eigenvalue weighted by Gasteiger charge is -2.13. The predicted molar refractivity (Wildman–Crippen MR) is 276 cm³/mol. The van der Waals surface area contributed by atoms with Crippen molar-refractivity contribution in [3.05, 3.63) is 210 Å². The lowest BCUT2D eigenvalue weighted by Crippen LogP contribution is -2.15. The number of unbranched alkanes of at least 4 members (excludes halogenated alkanes) is 6. The molecule has 370 valence electrons. The minimum atomic E-state index is -0.880. The summed E-state index contributed by atoms with van der Waals surface area (Å²) < 4.78 is 38.8. The van der Waals surface area contributed by atoms with Crippen LogP contribution in [0.15, 0.2) is 171 Å². The molecule has 0 amide bonds. The molecule has 0 spiro atoms. The Hall–Kier alpha value is -9.13. The van der Waals surface area contributed by atoms with Gasteiger partial charge in [-0.05, 0) is 179 Å². The molecule has 0 atom stereocenters. The average Bonchev–Trinajstić information content (AvgIpc) is 3.42. The third kappa shape index (κ3) is 18.6. The van der Waals surface area contributed by atoms with Gasteiger partial charge < -0.3 is 33.2 Å². The van der Waals surface area contributed by atoms with Gasteiger partial charge in [0.15, 0.2) is 0 Å². The van der Waals surface area contributed by atoms with Gasteiger partial charge in [0.2, 0.25) is 0 Å². The zero-order valence-electron chi connectivity index (χ0n) is 40.3. The Balaban J connectivity index is 1.07. The lowest BCUT2D eigenvalue weighted by atomic mass is 10.1. The van der Waals surface area contributed by atoms with Crippen molar-refractivity contribution in [2.75, 3.05) is 26.4 Å². The molecule has 0 saturated carbocycles. The smallest absolute Gasteiger partial charge is 0.347 e. The van der Waals surface area contributed by atoms with Gasteiger partial charge in [0.25, 0.3) is 0 Å². The zero-order chi connectivity index (χ0) is 51.5. The number of esters is 5. The summed E-state index contributed by atoms with van der Waals surface area (Å²) in [5, 5.41) is 0. The molecule has 12 nitrogen and oxygen atoms in total. The predicted octanol–water partition coefficient (Wildman–Crippen LogP) is 11.5. The molecule has 0 aliphatic heterocycles. The maximum atomic E-state index is 13.9. The second kappa shape index (κ2) is 29.1. The Morgan fingerprint density at radius 2 is 0.767 bits per heavy atom. The van der Waals surface area contributed by atoms with Crippen molar-refractivity contribution in [1.29, 1.82) is 0 Å². The van der Waals surface area contributed by atoms with E-state index in [1.54, 1.807) is 72.8 Å². The number of ether oxygens (including phenoxy) is 7. The van der Waals surface area contributed by atoms with Crippen molar-refractivity contribution in [3.8, 4) is 52.4 Å². The van der Waals surface area contributed by atoms with Crippen LogP contribution in [0.2, 0.25) is 0 Å². The number of hydrogen-bond donors (Lipinski definition) is 0. The van der Waals surface area contributed by atoms with E-state index in [0.29, 0.717) is 43.5 Å². The normalized spacial score (nSPS) is 10.2. The molecule has 6 aromatic carbocycles. The molecule has 0 unspecified atom stereocenters. The Labute approximate surface area is 425 Å². The molecule has 0 aromatic heterocycles. The van der Waals surface area contributed by atoms with E-state index in [1.807, 2.05) is 54.6 Å². The molecular formula is C61H54O12. The summed E-state index contributed by atoms with van der Waals surface area (Å²) in [5.74, 6) is 10.5. The highest BCUT2D eigenvalue weighted by molar-refractivity contribution is 5.98. The van der Waals surface area contributed by atoms with Gasteiger partial charge in [-0.3, -0.25) is 0 Å². The number of carbonyl (C=O) groups is 5. The monoisotopic (exact) mass is 978 g/mol. The first-order valence-electron chi connectivity index (χ1n) is 23.8. The largest absolute Gasteiger partial charge is 0.494 e. The van der Waals surface area contributed by atoms with E-state index in [2.05, 4.69) is 36.8 Å². The number of rotatable bonds is 24. The van der Waals surface area contributed by atoms with Gasteiger partial charge in [-0.2, -0.15) is 0 Å². The first-order valence-corrected chi connectivity index (χ1v) is 23.8. The summed E-state index contributed by atoms with van der Waals surface area (Å²) >= 11 is 0. The summed E-state index contributed by atoms with van der Waals surface area (Å²) in [6.07, 6.45) is 8.86. The van der Waals surface area contributed by atoms with Crippen LogP contribution in [-0.4, -0.2) is 56.3 Å². The van der Waals surface area contributed by atoms with Crippen molar-refractivity contribution in [3.63, 3.8) is 0 Å². The van der Waals surface area contributed by atoms with Gasteiger partial charge in [-0.1, -0.05) is 55.0 Å². The quantitative estimate of drug-likeness (QED) is 0.0187. The van der Waals surface area contributed by atoms with Crippen molar-refractivity contribution in [2.24, 2.45) is 0 Å². The van der Waals surface area contributed by atoms with E-state index in [0.717, 1.165) is 80.2 Å². The van der Waals surface area contributed by atoms with Gasteiger partial charge in [-0.25, -0.2) is 24.0 Å². The SMILES string of the molecule is C=CC(=O)OCCCCCCOc1ccc(C(=O)Oc2ccc(OC(=O)c3ccc(OCCCCCCOC(=O)C=C)cc3)c(C(=O)Oc3ccc(C#Cc4ccc(C#Cc5ccccc5)cc4)cc3)c2)cc1. The fourth-order valence-electron chi connectivity index (χ4n) is 6.69. The van der Waals surface area contributed by atoms with Crippen LogP contribution in [0.25, 0.3) is 0 Å². The minimum Gasteiger partial charge on any atom is -0.494 e. The lowest BCUT2D eigenvalue weighted by molar-refractivity contribution is -0.138. The molecule has 0 radical (unpaired) electrons. The van der Waals surface area contributed by atoms with Gasteiger partial charge in [0, 0.05) is 34.4 Å². The van der Waals surface area contributed by atoms with E-state index in [-0.39, 0.29) is 33.9 Å². The molecule has 0 saturated heterocycles. The molecule has 0 heterocycles. The minimum absolute atomic E-state index is 0.00384. The van der Waals surface area contributed by atoms with Gasteiger partial charge >= 0.3 is 29.8 Å². The van der Waals surface area contributed by atoms with Gasteiger partial charge in [0.05, 0.1) is 37.6 Å². The highest BCUT2D eigenvalue weighted by atomic mass is 16.6. The summed E-state index contributed by atoms with van der Waals surface area (Å²) in [7, 11) is 0. The standard InChI is InChI=1S/C61H54O12/c1-3-57(62)69-42-14-7-5-12-40-67-51-34-28-49(29-35-51)59(64)72-54-38-39-56(73-60(65)50-30-36-52(37-31-50)68-41-13-6-8-15-43-70-58(63)4-2)55(44-54)61(66)71-53-32-26-48(27-33-53)25-24-47-22-20-46(21-23-47)19-18-45-16-10-9-11-17-45/h3-4,9-11,16-17,20-23,26-39,44H,1-2,5-8,12-15,40-43H2. The molecule has 73 heavy (non-hydrogen) atoms. The van der Waals surface area contributed by atoms with E-state index in [9.17, 15) is 24.0 Å². The van der Waals surface area contributed by atoms with E-state index < -0.39 is 29.8 Å². The van der Waals surface area contributed by atoms with Crippen LogP contribution >= 0.6 is 0 Å². The van der Waals surface area contributed by atoms with Crippen molar-refractivity contribution < 1.29 is 57.1 Å². The highest BCUT2D eigenvalue weighted by Gasteiger charge is 2.21. The molecule has 6 rings (SSSR count). The van der Waals surface area contributed by atoms with Crippen LogP contribution in [0.5, 0.6) is 28.7 Å². The van der Waals surface area contributed by atoms with Crippen LogP contribution in [0.4, 0.5) is 0 Å². The Kier molecular flexibility index (Phi) is 21.3. The van der Waals surface area contributed by atoms with Crippen LogP contribution in [-0.2, 0) is 19.1 Å². The number of carbonyl (C=O) groups excluding carboxylic acids is 5. The van der Waals surface area contributed by atoms with Crippen LogP contribution < -0.4 is 23.7 Å². The summed E-state index contributed by atoms with van der Waals surface area (Å²) in [6.45, 7) is 8.37. The van der Waals surface area contributed by atoms with Crippen LogP contribution in [0, 0.1) is 23.7 Å². The first-order chi connectivity index (χ1) is 35.6. The fourth-order valence-corrected chi connectivity index (χ4v) is 6.69. The average molecular weight is 979 g/mol. The second-order valence-corrected chi connectivity index (χ2v) is 16.1. The van der Waals surface area contributed by atoms with Crippen molar-refractivity contribution in [2.45, 2.75) is 51.4 Å². The first kappa shape index (κ1) is 53.2. The zero-order valence-corrected chi connectivity index (χ0v) is 40.3. The topological polar surface area (TPSA) is 150 Å². The molecule has 0 bridgehead atoms.